The number of ether oxygens (including phenoxy) is 2. The Morgan fingerprint density at radius 1 is 1.43 bits per heavy atom. The van der Waals surface area contributed by atoms with E-state index in [-0.39, 0.29) is 17.8 Å². The third-order valence-electron chi connectivity index (χ3n) is 3.19. The van der Waals surface area contributed by atoms with Gasteiger partial charge in [-0.2, -0.15) is 8.78 Å². The third-order valence-corrected chi connectivity index (χ3v) is 3.19. The summed E-state index contributed by atoms with van der Waals surface area (Å²) in [5.74, 6) is -0.370. The van der Waals surface area contributed by atoms with Crippen LogP contribution in [0.15, 0.2) is 18.3 Å². The highest BCUT2D eigenvalue weighted by Crippen LogP contribution is 2.14. The zero-order valence-electron chi connectivity index (χ0n) is 11.6. The molecule has 1 aromatic heterocycles. The van der Waals surface area contributed by atoms with Crippen LogP contribution < -0.4 is 10.1 Å². The molecule has 8 heteroatoms. The summed E-state index contributed by atoms with van der Waals surface area (Å²) in [6, 6.07) is 2.45. The SMILES string of the molecule is C[C@@H](C(=O)Nc1ccc(OC(F)F)nc1)N1CCOCC1. The maximum absolute atomic E-state index is 12.1. The molecular formula is C13H17F2N3O3. The van der Waals surface area contributed by atoms with Crippen LogP contribution >= 0.6 is 0 Å². The van der Waals surface area contributed by atoms with Crippen molar-refractivity contribution in [2.75, 3.05) is 31.6 Å². The zero-order chi connectivity index (χ0) is 15.2. The number of morpholine rings is 1. The highest BCUT2D eigenvalue weighted by Gasteiger charge is 2.23. The predicted molar refractivity (Wildman–Crippen MR) is 71.4 cm³/mol. The molecule has 0 unspecified atom stereocenters. The number of rotatable bonds is 5. The molecule has 0 aromatic carbocycles. The monoisotopic (exact) mass is 301 g/mol. The normalized spacial score (nSPS) is 17.5. The van der Waals surface area contributed by atoms with Crippen LogP contribution in [0.3, 0.4) is 0 Å². The molecule has 6 nitrogen and oxygen atoms in total. The molecule has 0 aliphatic carbocycles. The largest absolute Gasteiger partial charge is 0.417 e. The Kier molecular flexibility index (Phi) is 5.40. The molecule has 21 heavy (non-hydrogen) atoms. The number of nitrogens with one attached hydrogen (secondary N) is 1. The Hall–Kier alpha value is -1.80. The Morgan fingerprint density at radius 3 is 2.71 bits per heavy atom. The fraction of sp³-hybridized carbons (Fsp3) is 0.538. The Balaban J connectivity index is 1.89. The summed E-state index contributed by atoms with van der Waals surface area (Å²) in [4.78, 5) is 17.8. The van der Waals surface area contributed by atoms with Crippen molar-refractivity contribution in [2.45, 2.75) is 19.6 Å². The van der Waals surface area contributed by atoms with Crippen molar-refractivity contribution in [1.29, 1.82) is 0 Å². The van der Waals surface area contributed by atoms with Crippen LogP contribution in [0, 0.1) is 0 Å². The molecule has 0 radical (unpaired) electrons. The first-order valence-corrected chi connectivity index (χ1v) is 6.60. The van der Waals surface area contributed by atoms with E-state index in [4.69, 9.17) is 4.74 Å². The molecule has 0 bridgehead atoms. The van der Waals surface area contributed by atoms with Gasteiger partial charge in [0.25, 0.3) is 0 Å². The van der Waals surface area contributed by atoms with E-state index in [0.717, 1.165) is 0 Å². The van der Waals surface area contributed by atoms with Gasteiger partial charge in [-0.05, 0) is 13.0 Å². The summed E-state index contributed by atoms with van der Waals surface area (Å²) < 4.78 is 33.4. The summed E-state index contributed by atoms with van der Waals surface area (Å²) in [6.45, 7) is 1.52. The van der Waals surface area contributed by atoms with E-state index >= 15 is 0 Å². The van der Waals surface area contributed by atoms with Crippen LogP contribution in [0.4, 0.5) is 14.5 Å². The number of alkyl halides is 2. The Bertz CT molecular complexity index is 464. The number of halogens is 2. The number of amides is 1. The van der Waals surface area contributed by atoms with E-state index in [0.29, 0.717) is 32.0 Å². The van der Waals surface area contributed by atoms with Gasteiger partial charge in [-0.25, -0.2) is 4.98 Å². The van der Waals surface area contributed by atoms with Crippen molar-refractivity contribution >= 4 is 11.6 Å². The first-order valence-electron chi connectivity index (χ1n) is 6.60. The van der Waals surface area contributed by atoms with Crippen LogP contribution in [-0.2, 0) is 9.53 Å². The lowest BCUT2D eigenvalue weighted by Gasteiger charge is -2.31. The van der Waals surface area contributed by atoms with Gasteiger partial charge in [-0.1, -0.05) is 0 Å². The van der Waals surface area contributed by atoms with Crippen LogP contribution in [-0.4, -0.2) is 54.7 Å². The van der Waals surface area contributed by atoms with E-state index in [1.807, 2.05) is 11.8 Å². The van der Waals surface area contributed by atoms with E-state index < -0.39 is 6.61 Å². The van der Waals surface area contributed by atoms with E-state index in [2.05, 4.69) is 15.0 Å². The topological polar surface area (TPSA) is 63.7 Å². The number of pyridine rings is 1. The van der Waals surface area contributed by atoms with E-state index in [1.54, 1.807) is 0 Å². The highest BCUT2D eigenvalue weighted by atomic mass is 19.3. The molecule has 0 saturated carbocycles. The van der Waals surface area contributed by atoms with Gasteiger partial charge in [0.05, 0.1) is 31.1 Å². The zero-order valence-corrected chi connectivity index (χ0v) is 11.6. The number of hydrogen-bond donors (Lipinski definition) is 1. The maximum atomic E-state index is 12.1. The second kappa shape index (κ2) is 7.28. The van der Waals surface area contributed by atoms with Crippen LogP contribution in [0.25, 0.3) is 0 Å². The Morgan fingerprint density at radius 2 is 2.14 bits per heavy atom. The summed E-state index contributed by atoms with van der Waals surface area (Å²) in [5.41, 5.74) is 0.432. The van der Waals surface area contributed by atoms with Gasteiger partial charge in [0, 0.05) is 19.2 Å². The number of aromatic nitrogens is 1. The number of anilines is 1. The van der Waals surface area contributed by atoms with Gasteiger partial charge in [0.1, 0.15) is 0 Å². The van der Waals surface area contributed by atoms with Crippen LogP contribution in [0.5, 0.6) is 5.88 Å². The van der Waals surface area contributed by atoms with Gasteiger partial charge in [0.2, 0.25) is 11.8 Å². The van der Waals surface area contributed by atoms with Crippen LogP contribution in [0.2, 0.25) is 0 Å². The highest BCUT2D eigenvalue weighted by molar-refractivity contribution is 5.94. The molecule has 1 aromatic rings. The fourth-order valence-corrected chi connectivity index (χ4v) is 1.99. The first-order chi connectivity index (χ1) is 10.1. The maximum Gasteiger partial charge on any atom is 0.388 e. The number of carbonyl (C=O) groups is 1. The van der Waals surface area contributed by atoms with Gasteiger partial charge in [-0.15, -0.1) is 0 Å². The molecule has 1 amide bonds. The number of hydrogen-bond acceptors (Lipinski definition) is 5. The summed E-state index contributed by atoms with van der Waals surface area (Å²) in [5, 5.41) is 2.69. The summed E-state index contributed by atoms with van der Waals surface area (Å²) in [7, 11) is 0. The van der Waals surface area contributed by atoms with Crippen molar-refractivity contribution < 1.29 is 23.0 Å². The van der Waals surface area contributed by atoms with Crippen LogP contribution in [0.1, 0.15) is 6.92 Å². The lowest BCUT2D eigenvalue weighted by molar-refractivity contribution is -0.122. The van der Waals surface area contributed by atoms with Crippen molar-refractivity contribution in [1.82, 2.24) is 9.88 Å². The second-order valence-electron chi connectivity index (χ2n) is 4.58. The minimum absolute atomic E-state index is 0.179. The molecule has 1 saturated heterocycles. The van der Waals surface area contributed by atoms with Crippen molar-refractivity contribution in [3.8, 4) is 5.88 Å². The average molecular weight is 301 g/mol. The third kappa shape index (κ3) is 4.61. The average Bonchev–Trinajstić information content (AvgIpc) is 2.49. The number of carbonyl (C=O) groups excluding carboxylic acids is 1. The second-order valence-corrected chi connectivity index (χ2v) is 4.58. The predicted octanol–water partition coefficient (Wildman–Crippen LogP) is 1.34. The molecule has 1 atom stereocenters. The van der Waals surface area contributed by atoms with Gasteiger partial charge in [-0.3, -0.25) is 9.69 Å². The molecular weight excluding hydrogens is 284 g/mol. The molecule has 116 valence electrons. The number of nitrogens with zero attached hydrogens (tertiary/aromatic N) is 2. The van der Waals surface area contributed by atoms with E-state index in [1.165, 1.54) is 18.3 Å². The minimum atomic E-state index is -2.92. The smallest absolute Gasteiger partial charge is 0.388 e. The van der Waals surface area contributed by atoms with Gasteiger partial charge >= 0.3 is 6.61 Å². The minimum Gasteiger partial charge on any atom is -0.417 e. The lowest BCUT2D eigenvalue weighted by atomic mass is 10.2. The van der Waals surface area contributed by atoms with Gasteiger partial charge in [0.15, 0.2) is 0 Å². The molecule has 2 heterocycles. The Labute approximate surface area is 121 Å². The first kappa shape index (κ1) is 15.6. The fourth-order valence-electron chi connectivity index (χ4n) is 1.99. The molecule has 2 rings (SSSR count). The lowest BCUT2D eigenvalue weighted by Crippen LogP contribution is -2.47. The molecule has 1 fully saturated rings. The molecule has 1 aliphatic heterocycles. The summed E-state index contributed by atoms with van der Waals surface area (Å²) >= 11 is 0. The summed E-state index contributed by atoms with van der Waals surface area (Å²) in [6.07, 6.45) is 1.28. The quantitative estimate of drug-likeness (QED) is 0.889. The van der Waals surface area contributed by atoms with Crippen molar-refractivity contribution in [2.24, 2.45) is 0 Å². The van der Waals surface area contributed by atoms with E-state index in [9.17, 15) is 13.6 Å². The van der Waals surface area contributed by atoms with Crippen molar-refractivity contribution in [3.63, 3.8) is 0 Å². The standard InChI is InChI=1S/C13H17F2N3O3/c1-9(18-4-6-20-7-5-18)12(19)17-10-2-3-11(16-8-10)21-13(14)15/h2-3,8-9,13H,4-7H2,1H3,(H,17,19)/t9-/m0/s1. The molecule has 1 aliphatic rings. The molecule has 1 N–H and O–H groups in total. The molecule has 0 spiro atoms. The van der Waals surface area contributed by atoms with Gasteiger partial charge < -0.3 is 14.8 Å². The van der Waals surface area contributed by atoms with Crippen molar-refractivity contribution in [3.05, 3.63) is 18.3 Å².